The zero-order chi connectivity index (χ0) is 9.26. The molecule has 0 amide bonds. The molecule has 0 atom stereocenters. The van der Waals surface area contributed by atoms with E-state index in [2.05, 4.69) is 5.38 Å². The molecule has 0 saturated heterocycles. The van der Waals surface area contributed by atoms with Gasteiger partial charge in [0.1, 0.15) is 3.82 Å². The summed E-state index contributed by atoms with van der Waals surface area (Å²) in [6, 6.07) is 7.79. The predicted octanol–water partition coefficient (Wildman–Crippen LogP) is 3.79. The van der Waals surface area contributed by atoms with Crippen molar-refractivity contribution >= 4 is 38.6 Å². The van der Waals surface area contributed by atoms with Gasteiger partial charge in [0, 0.05) is 16.6 Å². The van der Waals surface area contributed by atoms with Gasteiger partial charge in [-0.1, -0.05) is 45.0 Å². The van der Waals surface area contributed by atoms with E-state index in [9.17, 15) is 0 Å². The van der Waals surface area contributed by atoms with E-state index in [0.29, 0.717) is 0 Å². The van der Waals surface area contributed by atoms with Gasteiger partial charge in [0.05, 0.1) is 0 Å². The summed E-state index contributed by atoms with van der Waals surface area (Å²) in [7, 11) is 3.30. The molecule has 0 bridgehead atoms. The van der Waals surface area contributed by atoms with Crippen LogP contribution in [0.25, 0.3) is 11.1 Å². The van der Waals surface area contributed by atoms with Gasteiger partial charge < -0.3 is 5.73 Å². The van der Waals surface area contributed by atoms with Crippen molar-refractivity contribution in [1.29, 1.82) is 0 Å². The van der Waals surface area contributed by atoms with Gasteiger partial charge in [0.25, 0.3) is 0 Å². The molecule has 4 heteroatoms. The van der Waals surface area contributed by atoms with Crippen LogP contribution in [0.3, 0.4) is 0 Å². The van der Waals surface area contributed by atoms with Gasteiger partial charge in [0.2, 0.25) is 0 Å². The third-order valence-corrected chi connectivity index (χ3v) is 4.39. The highest BCUT2D eigenvalue weighted by Crippen LogP contribution is 2.28. The molecule has 2 N–H and O–H groups in total. The van der Waals surface area contributed by atoms with Gasteiger partial charge in [-0.25, -0.2) is 0 Å². The Bertz CT molecular complexity index is 452. The number of nitrogens with two attached hydrogens (primary N) is 1. The summed E-state index contributed by atoms with van der Waals surface area (Å²) in [5.74, 6) is 0. The first kappa shape index (κ1) is 8.87. The highest BCUT2D eigenvalue weighted by atomic mass is 32.9. The fraction of sp³-hybridized carbons (Fsp3) is 0. The molecule has 66 valence electrons. The van der Waals surface area contributed by atoms with Gasteiger partial charge in [0.15, 0.2) is 0 Å². The van der Waals surface area contributed by atoms with Gasteiger partial charge in [-0.3, -0.25) is 0 Å². The molecule has 0 spiro atoms. The first-order valence-corrected chi connectivity index (χ1v) is 6.33. The molecular weight excluding hydrogens is 218 g/mol. The maximum Gasteiger partial charge on any atom is 0.109 e. The minimum atomic E-state index is 0.786. The van der Waals surface area contributed by atoms with Crippen molar-refractivity contribution in [3.8, 4) is 11.1 Å². The first-order valence-electron chi connectivity index (χ1n) is 3.71. The van der Waals surface area contributed by atoms with Crippen molar-refractivity contribution in [2.75, 3.05) is 5.73 Å². The van der Waals surface area contributed by atoms with Crippen LogP contribution in [0, 0.1) is 3.82 Å². The van der Waals surface area contributed by atoms with E-state index in [0.717, 1.165) is 20.6 Å². The third-order valence-electron chi connectivity index (χ3n) is 1.73. The van der Waals surface area contributed by atoms with E-state index in [-0.39, 0.29) is 0 Å². The Balaban J connectivity index is 2.54. The summed E-state index contributed by atoms with van der Waals surface area (Å²) in [6.45, 7) is 0. The average Bonchev–Trinajstić information content (AvgIpc) is 2.53. The predicted molar refractivity (Wildman–Crippen MR) is 62.9 cm³/mol. The van der Waals surface area contributed by atoms with Crippen molar-refractivity contribution in [2.45, 2.75) is 0 Å². The zero-order valence-electron chi connectivity index (χ0n) is 6.69. The highest BCUT2D eigenvalue weighted by molar-refractivity contribution is 7.79. The molecule has 0 fully saturated rings. The molecule has 13 heavy (non-hydrogen) atoms. The van der Waals surface area contributed by atoms with Crippen molar-refractivity contribution in [1.82, 2.24) is 0 Å². The van der Waals surface area contributed by atoms with Crippen molar-refractivity contribution in [2.24, 2.45) is 0 Å². The second-order valence-corrected chi connectivity index (χ2v) is 5.37. The largest absolute Gasteiger partial charge is 0.399 e. The maximum atomic E-state index is 5.60. The number of nitrogen functional groups attached to an aromatic ring is 1. The molecule has 0 aliphatic carbocycles. The van der Waals surface area contributed by atoms with E-state index >= 15 is 0 Å². The second-order valence-electron chi connectivity index (χ2n) is 2.62. The fourth-order valence-electron chi connectivity index (χ4n) is 1.06. The smallest absolute Gasteiger partial charge is 0.109 e. The molecule has 1 aromatic heterocycles. The molecule has 1 aromatic carbocycles. The Morgan fingerprint density at radius 3 is 2.38 bits per heavy atom. The van der Waals surface area contributed by atoms with Gasteiger partial charge >= 0.3 is 0 Å². The van der Waals surface area contributed by atoms with Gasteiger partial charge in [-0.2, -0.15) is 0 Å². The van der Waals surface area contributed by atoms with Crippen LogP contribution in [0.2, 0.25) is 0 Å². The summed E-state index contributed by atoms with van der Waals surface area (Å²) in [5, 5.41) is 2.08. The lowest BCUT2D eigenvalue weighted by Crippen LogP contribution is -1.82. The Hall–Kier alpha value is -0.710. The number of benzene rings is 1. The van der Waals surface area contributed by atoms with Crippen molar-refractivity contribution < 1.29 is 0 Å². The number of hydrogen-bond acceptors (Lipinski definition) is 4. The van der Waals surface area contributed by atoms with Crippen LogP contribution in [0.5, 0.6) is 0 Å². The van der Waals surface area contributed by atoms with E-state index in [4.69, 9.17) is 18.0 Å². The molecule has 0 aliphatic heterocycles. The average molecular weight is 225 g/mol. The Morgan fingerprint density at radius 2 is 1.85 bits per heavy atom. The summed E-state index contributed by atoms with van der Waals surface area (Å²) in [4.78, 5) is 0. The van der Waals surface area contributed by atoms with E-state index in [1.165, 1.54) is 0 Å². The lowest BCUT2D eigenvalue weighted by molar-refractivity contribution is 1.66. The minimum absolute atomic E-state index is 0.786. The molecule has 0 saturated carbocycles. The van der Waals surface area contributed by atoms with Crippen LogP contribution in [-0.4, -0.2) is 0 Å². The molecular formula is C9H7NS3. The van der Waals surface area contributed by atoms with Gasteiger partial charge in [-0.05, 0) is 17.7 Å². The summed E-state index contributed by atoms with van der Waals surface area (Å²) in [5.41, 5.74) is 8.68. The molecule has 0 radical (unpaired) electrons. The summed E-state index contributed by atoms with van der Waals surface area (Å²) in [6.07, 6.45) is 0. The SMILES string of the molecule is Nc1ccc(-c2cssc2=S)cc1. The Labute approximate surface area is 88.9 Å². The molecule has 1 nitrogen and oxygen atoms in total. The second kappa shape index (κ2) is 3.57. The summed E-state index contributed by atoms with van der Waals surface area (Å²) < 4.78 is 0.953. The van der Waals surface area contributed by atoms with E-state index in [1.807, 2.05) is 24.3 Å². The summed E-state index contributed by atoms with van der Waals surface area (Å²) >= 11 is 5.20. The Kier molecular flexibility index (Phi) is 2.44. The monoisotopic (exact) mass is 225 g/mol. The highest BCUT2D eigenvalue weighted by Gasteiger charge is 2.00. The normalized spacial score (nSPS) is 10.2. The van der Waals surface area contributed by atoms with E-state index < -0.39 is 0 Å². The zero-order valence-corrected chi connectivity index (χ0v) is 9.14. The van der Waals surface area contributed by atoms with Crippen LogP contribution >= 0.6 is 32.9 Å². The number of rotatable bonds is 1. The lowest BCUT2D eigenvalue weighted by atomic mass is 10.1. The number of anilines is 1. The topological polar surface area (TPSA) is 26.0 Å². The first-order chi connectivity index (χ1) is 6.27. The standard InChI is InChI=1S/C9H7NS3/c10-7-3-1-6(2-4-7)8-5-12-13-9(8)11/h1-5H,10H2. The van der Waals surface area contributed by atoms with E-state index in [1.54, 1.807) is 20.7 Å². The van der Waals surface area contributed by atoms with Crippen LogP contribution in [-0.2, 0) is 0 Å². The van der Waals surface area contributed by atoms with Crippen LogP contribution in [0.4, 0.5) is 5.69 Å². The van der Waals surface area contributed by atoms with Crippen LogP contribution in [0.1, 0.15) is 0 Å². The van der Waals surface area contributed by atoms with Crippen molar-refractivity contribution in [3.63, 3.8) is 0 Å². The molecule has 1 heterocycles. The fourth-order valence-corrected chi connectivity index (χ4v) is 3.45. The third kappa shape index (κ3) is 1.80. The van der Waals surface area contributed by atoms with Gasteiger partial charge in [-0.15, -0.1) is 0 Å². The lowest BCUT2D eigenvalue weighted by Gasteiger charge is -1.97. The van der Waals surface area contributed by atoms with Crippen LogP contribution < -0.4 is 5.73 Å². The van der Waals surface area contributed by atoms with Crippen LogP contribution in [0.15, 0.2) is 29.6 Å². The quantitative estimate of drug-likeness (QED) is 0.454. The minimum Gasteiger partial charge on any atom is -0.399 e. The Morgan fingerprint density at radius 1 is 1.15 bits per heavy atom. The molecule has 2 rings (SSSR count). The maximum absolute atomic E-state index is 5.60. The molecule has 2 aromatic rings. The number of hydrogen-bond donors (Lipinski definition) is 1. The molecule has 0 unspecified atom stereocenters. The van der Waals surface area contributed by atoms with Crippen molar-refractivity contribution in [3.05, 3.63) is 33.5 Å². The molecule has 0 aliphatic rings.